The minimum absolute atomic E-state index is 0.141. The van der Waals surface area contributed by atoms with Crippen LogP contribution in [0, 0.1) is 13.8 Å². The van der Waals surface area contributed by atoms with E-state index in [-0.39, 0.29) is 5.41 Å². The highest BCUT2D eigenvalue weighted by molar-refractivity contribution is 6.18. The van der Waals surface area contributed by atoms with Gasteiger partial charge in [-0.3, -0.25) is 0 Å². The van der Waals surface area contributed by atoms with E-state index in [2.05, 4.69) is 221 Å². The molecule has 10 aromatic carbocycles. The highest BCUT2D eigenvalue weighted by atomic mass is 15.1. The van der Waals surface area contributed by atoms with Crippen LogP contribution in [0.1, 0.15) is 47.2 Å². The molecule has 0 bridgehead atoms. The molecule has 0 N–H and O–H groups in total. The van der Waals surface area contributed by atoms with Gasteiger partial charge in [0.05, 0.1) is 0 Å². The number of rotatable bonds is 6. The average Bonchev–Trinajstić information content (AvgIpc) is 3.48. The summed E-state index contributed by atoms with van der Waals surface area (Å²) in [7, 11) is 0. The van der Waals surface area contributed by atoms with Gasteiger partial charge in [0.25, 0.3) is 0 Å². The van der Waals surface area contributed by atoms with E-state index in [1.807, 2.05) is 0 Å². The van der Waals surface area contributed by atoms with Gasteiger partial charge in [-0.1, -0.05) is 147 Å². The van der Waals surface area contributed by atoms with E-state index < -0.39 is 0 Å². The summed E-state index contributed by atoms with van der Waals surface area (Å²) in [5, 5.41) is 13.1. The zero-order valence-corrected chi connectivity index (χ0v) is 33.3. The Kier molecular flexibility index (Phi) is 7.72. The van der Waals surface area contributed by atoms with Crippen molar-refractivity contribution < 1.29 is 0 Å². The number of hydrogen-bond acceptors (Lipinski definition) is 1. The Labute approximate surface area is 340 Å². The molecule has 0 atom stereocenters. The molecule has 1 aliphatic rings. The fraction of sp³-hybridized carbons (Fsp3) is 0.0877. The Hall–Kier alpha value is -6.96. The molecule has 11 rings (SSSR count). The monoisotopic (exact) mass is 741 g/mol. The second kappa shape index (κ2) is 13.0. The largest absolute Gasteiger partial charge is 0.310 e. The molecule has 0 saturated heterocycles. The van der Waals surface area contributed by atoms with Gasteiger partial charge in [0, 0.05) is 22.5 Å². The SMILES string of the molecule is Cc1ccccc1N(c1ccc2cc(/C=C/c3cc4c5c(ccc6cc(-c7cc8ccccc8c8ccccc78)cc(c65)C4(C)C)c3)ccc2c1)c1ccccc1C. The van der Waals surface area contributed by atoms with Crippen molar-refractivity contribution in [1.29, 1.82) is 0 Å². The second-order valence-corrected chi connectivity index (χ2v) is 16.7. The summed E-state index contributed by atoms with van der Waals surface area (Å²) in [5.74, 6) is 0. The number of hydrogen-bond donors (Lipinski definition) is 0. The van der Waals surface area contributed by atoms with E-state index in [0.29, 0.717) is 0 Å². The van der Waals surface area contributed by atoms with Crippen LogP contribution in [0.15, 0.2) is 176 Å². The van der Waals surface area contributed by atoms with E-state index in [1.54, 1.807) is 0 Å². The smallest absolute Gasteiger partial charge is 0.0490 e. The Bertz CT molecular complexity index is 3300. The lowest BCUT2D eigenvalue weighted by molar-refractivity contribution is 0.663. The van der Waals surface area contributed by atoms with E-state index in [4.69, 9.17) is 0 Å². The maximum atomic E-state index is 2.48. The van der Waals surface area contributed by atoms with Crippen molar-refractivity contribution in [3.05, 3.63) is 209 Å². The van der Waals surface area contributed by atoms with Crippen molar-refractivity contribution in [1.82, 2.24) is 0 Å². The van der Waals surface area contributed by atoms with Gasteiger partial charge in [0.15, 0.2) is 0 Å². The third-order valence-corrected chi connectivity index (χ3v) is 12.8. The molecule has 276 valence electrons. The summed E-state index contributed by atoms with van der Waals surface area (Å²) in [6.07, 6.45) is 4.56. The maximum absolute atomic E-state index is 2.48. The Balaban J connectivity index is 0.945. The molecule has 0 radical (unpaired) electrons. The van der Waals surface area contributed by atoms with Crippen molar-refractivity contribution in [2.75, 3.05) is 4.90 Å². The van der Waals surface area contributed by atoms with Gasteiger partial charge in [-0.25, -0.2) is 0 Å². The summed E-state index contributed by atoms with van der Waals surface area (Å²) < 4.78 is 0. The fourth-order valence-electron chi connectivity index (χ4n) is 9.75. The molecule has 0 fully saturated rings. The summed E-state index contributed by atoms with van der Waals surface area (Å²) in [4.78, 5) is 2.39. The van der Waals surface area contributed by atoms with Crippen LogP contribution in [0.3, 0.4) is 0 Å². The standard InChI is InChI=1S/C57H43N/c1-36-13-5-11-19-53(36)58(54-20-12-6-14-37(54)2)46-28-27-40-29-38(23-24-41(40)33-46)21-22-39-30-43-25-26-44-32-45(35-52-56(44)55(43)51(31-39)57(52,3)4)50-34-42-15-7-8-16-47(42)48-17-9-10-18-49(48)50/h5-35H,1-4H3/b22-21+. The van der Waals surface area contributed by atoms with Crippen LogP contribution in [0.25, 0.3) is 77.1 Å². The molecule has 0 amide bonds. The summed E-state index contributed by atoms with van der Waals surface area (Å²) in [5.41, 5.74) is 13.7. The number of benzene rings is 10. The first kappa shape index (κ1) is 34.3. The molecule has 0 aliphatic heterocycles. The van der Waals surface area contributed by atoms with Gasteiger partial charge < -0.3 is 4.90 Å². The van der Waals surface area contributed by atoms with Crippen LogP contribution < -0.4 is 4.90 Å². The third kappa shape index (κ3) is 5.38. The number of anilines is 3. The Morgan fingerprint density at radius 3 is 1.71 bits per heavy atom. The molecule has 0 unspecified atom stereocenters. The number of para-hydroxylation sites is 2. The second-order valence-electron chi connectivity index (χ2n) is 16.7. The molecular weight excluding hydrogens is 699 g/mol. The van der Waals surface area contributed by atoms with E-state index in [9.17, 15) is 0 Å². The Morgan fingerprint density at radius 2 is 0.966 bits per heavy atom. The minimum atomic E-state index is -0.141. The lowest BCUT2D eigenvalue weighted by Crippen LogP contribution is -2.15. The number of fused-ring (bicyclic) bond motifs is 4. The minimum Gasteiger partial charge on any atom is -0.310 e. The van der Waals surface area contributed by atoms with Crippen LogP contribution in [0.4, 0.5) is 17.1 Å². The number of aryl methyl sites for hydroxylation is 2. The zero-order chi connectivity index (χ0) is 39.1. The van der Waals surface area contributed by atoms with Crippen molar-refractivity contribution in [2.24, 2.45) is 0 Å². The van der Waals surface area contributed by atoms with E-state index >= 15 is 0 Å². The highest BCUT2D eigenvalue weighted by Crippen LogP contribution is 2.51. The first-order chi connectivity index (χ1) is 28.3. The van der Waals surface area contributed by atoms with Gasteiger partial charge in [0.1, 0.15) is 0 Å². The molecule has 10 aromatic rings. The molecule has 0 aromatic heterocycles. The molecule has 0 spiro atoms. The van der Waals surface area contributed by atoms with Gasteiger partial charge >= 0.3 is 0 Å². The number of nitrogens with zero attached hydrogens (tertiary/aromatic N) is 1. The predicted molar refractivity (Wildman–Crippen MR) is 251 cm³/mol. The van der Waals surface area contributed by atoms with Crippen molar-refractivity contribution >= 4 is 83.1 Å². The van der Waals surface area contributed by atoms with Crippen molar-refractivity contribution in [3.8, 4) is 11.1 Å². The van der Waals surface area contributed by atoms with Crippen LogP contribution in [0.5, 0.6) is 0 Å². The molecule has 58 heavy (non-hydrogen) atoms. The molecule has 1 aliphatic carbocycles. The van der Waals surface area contributed by atoms with Crippen molar-refractivity contribution in [3.63, 3.8) is 0 Å². The first-order valence-electron chi connectivity index (χ1n) is 20.4. The van der Waals surface area contributed by atoms with Crippen molar-refractivity contribution in [2.45, 2.75) is 33.1 Å². The first-order valence-corrected chi connectivity index (χ1v) is 20.4. The fourth-order valence-corrected chi connectivity index (χ4v) is 9.75. The topological polar surface area (TPSA) is 3.24 Å². The van der Waals surface area contributed by atoms with Crippen LogP contribution in [0.2, 0.25) is 0 Å². The van der Waals surface area contributed by atoms with Crippen LogP contribution in [-0.4, -0.2) is 0 Å². The average molecular weight is 742 g/mol. The lowest BCUT2D eigenvalue weighted by Gasteiger charge is -2.28. The Morgan fingerprint density at radius 1 is 0.414 bits per heavy atom. The summed E-state index contributed by atoms with van der Waals surface area (Å²) in [6.45, 7) is 9.19. The molecule has 0 saturated carbocycles. The van der Waals surface area contributed by atoms with Crippen LogP contribution in [-0.2, 0) is 5.41 Å². The molecule has 1 heteroatoms. The van der Waals surface area contributed by atoms with E-state index in [1.165, 1.54) is 110 Å². The predicted octanol–water partition coefficient (Wildman–Crippen LogP) is 16.0. The van der Waals surface area contributed by atoms with Gasteiger partial charge in [-0.05, 0) is 167 Å². The summed E-state index contributed by atoms with van der Waals surface area (Å²) >= 11 is 0. The van der Waals surface area contributed by atoms with Crippen LogP contribution >= 0.6 is 0 Å². The lowest BCUT2D eigenvalue weighted by atomic mass is 9.80. The molecule has 0 heterocycles. The van der Waals surface area contributed by atoms with Gasteiger partial charge in [-0.15, -0.1) is 0 Å². The highest BCUT2D eigenvalue weighted by Gasteiger charge is 2.35. The zero-order valence-electron chi connectivity index (χ0n) is 33.3. The normalized spacial score (nSPS) is 13.2. The van der Waals surface area contributed by atoms with E-state index in [0.717, 1.165) is 5.69 Å². The quantitative estimate of drug-likeness (QED) is 0.121. The van der Waals surface area contributed by atoms with Gasteiger partial charge in [-0.2, -0.15) is 0 Å². The third-order valence-electron chi connectivity index (χ3n) is 12.8. The van der Waals surface area contributed by atoms with Gasteiger partial charge in [0.2, 0.25) is 0 Å². The molecule has 1 nitrogen and oxygen atoms in total. The summed E-state index contributed by atoms with van der Waals surface area (Å²) in [6, 6.07) is 65.3. The maximum Gasteiger partial charge on any atom is 0.0490 e. The molecular formula is C57H43N.